The van der Waals surface area contributed by atoms with E-state index in [1.54, 1.807) is 18.2 Å². The van der Waals surface area contributed by atoms with Gasteiger partial charge in [0.2, 0.25) is 0 Å². The molecule has 4 heterocycles. The summed E-state index contributed by atoms with van der Waals surface area (Å²) in [6.45, 7) is 0. The molecule has 4 aromatic heterocycles. The summed E-state index contributed by atoms with van der Waals surface area (Å²) in [5.74, 6) is 6.11. The maximum Gasteiger partial charge on any atom is 0.310 e. The lowest BCUT2D eigenvalue weighted by molar-refractivity contribution is 0.518. The molecule has 1 aromatic carbocycles. The Morgan fingerprint density at radius 3 is 2.82 bits per heavy atom. The molecule has 0 bridgehead atoms. The third-order valence-electron chi connectivity index (χ3n) is 4.74. The predicted octanol–water partition coefficient (Wildman–Crippen LogP) is 3.69. The summed E-state index contributed by atoms with van der Waals surface area (Å²) >= 11 is 18.5. The zero-order valence-corrected chi connectivity index (χ0v) is 18.8. The molecule has 0 aliphatic rings. The average molecular weight is 517 g/mol. The molecule has 0 saturated carbocycles. The molecule has 34 heavy (non-hydrogen) atoms. The molecule has 15 heteroatoms. The summed E-state index contributed by atoms with van der Waals surface area (Å²) in [4.78, 5) is 16.0. The van der Waals surface area contributed by atoms with E-state index in [9.17, 15) is 4.39 Å². The van der Waals surface area contributed by atoms with E-state index in [4.69, 9.17) is 45.9 Å². The van der Waals surface area contributed by atoms with Gasteiger partial charge >= 0.3 is 6.08 Å². The number of hydrazone groups is 1. The number of aromatic nitrogens is 7. The van der Waals surface area contributed by atoms with Crippen LogP contribution in [0, 0.1) is 17.4 Å². The van der Waals surface area contributed by atoms with Crippen LogP contribution in [0.25, 0.3) is 27.9 Å². The van der Waals surface area contributed by atoms with Crippen LogP contribution in [0.5, 0.6) is 0 Å². The highest BCUT2D eigenvalue weighted by Gasteiger charge is 2.24. The highest BCUT2D eigenvalue weighted by Crippen LogP contribution is 2.35. The van der Waals surface area contributed by atoms with Crippen molar-refractivity contribution in [2.24, 2.45) is 5.10 Å². The summed E-state index contributed by atoms with van der Waals surface area (Å²) in [6.07, 6.45) is 3.26. The molecule has 0 radical (unpaired) electrons. The van der Waals surface area contributed by atoms with Crippen LogP contribution in [0.3, 0.4) is 0 Å². The Bertz CT molecular complexity index is 1670. The van der Waals surface area contributed by atoms with E-state index in [2.05, 4.69) is 35.6 Å². The molecule has 0 aliphatic carbocycles. The number of anilines is 1. The van der Waals surface area contributed by atoms with Gasteiger partial charge < -0.3 is 5.84 Å². The van der Waals surface area contributed by atoms with Crippen LogP contribution in [-0.2, 0) is 0 Å². The number of nitrogen functional groups attached to an aromatic ring is 1. The first kappa shape index (κ1) is 21.8. The van der Waals surface area contributed by atoms with Crippen LogP contribution in [0.4, 0.5) is 10.2 Å². The summed E-state index contributed by atoms with van der Waals surface area (Å²) in [7, 11) is 0. The number of hydrogen-bond donors (Lipinski definition) is 2. The van der Waals surface area contributed by atoms with E-state index in [0.717, 1.165) is 0 Å². The summed E-state index contributed by atoms with van der Waals surface area (Å²) in [5, 5.41) is 18.3. The summed E-state index contributed by atoms with van der Waals surface area (Å²) in [6, 6.07) is 6.90. The van der Waals surface area contributed by atoms with Gasteiger partial charge in [0.15, 0.2) is 22.3 Å². The highest BCUT2D eigenvalue weighted by molar-refractivity contribution is 6.43. The molecule has 11 nitrogen and oxygen atoms in total. The number of fused-ring (bicyclic) bond motifs is 2. The van der Waals surface area contributed by atoms with Crippen LogP contribution >= 0.6 is 34.8 Å². The van der Waals surface area contributed by atoms with Gasteiger partial charge in [-0.05, 0) is 17.7 Å². The minimum absolute atomic E-state index is 0.0204. The lowest BCUT2D eigenvalue weighted by Gasteiger charge is -2.09. The van der Waals surface area contributed by atoms with Gasteiger partial charge in [-0.15, -0.1) is 0 Å². The zero-order chi connectivity index (χ0) is 24.0. The largest absolute Gasteiger partial charge is 0.335 e. The van der Waals surface area contributed by atoms with E-state index in [0.29, 0.717) is 37.7 Å². The number of imidazole rings is 1. The number of nitrogens with two attached hydrogens (primary N) is 1. The Labute approximate surface area is 204 Å². The SMILES string of the molecule is N#Cc1cc(/C=N/Nc2ncnc3c2cnn3-c2c(Cl)c(Cl)nc3nc(F)n(N)c23)ccc1Cl. The first-order valence-corrected chi connectivity index (χ1v) is 10.4. The number of nitrogens with zero attached hydrogens (tertiary/aromatic N) is 9. The normalized spacial score (nSPS) is 11.5. The first-order valence-electron chi connectivity index (χ1n) is 9.25. The van der Waals surface area contributed by atoms with Gasteiger partial charge in [0, 0.05) is 0 Å². The number of benzene rings is 1. The Balaban J connectivity index is 1.57. The van der Waals surface area contributed by atoms with E-state index in [1.165, 1.54) is 23.4 Å². The lowest BCUT2D eigenvalue weighted by atomic mass is 10.1. The Hall–Kier alpha value is -4.05. The van der Waals surface area contributed by atoms with Crippen molar-refractivity contribution in [3.05, 3.63) is 63.1 Å². The fourth-order valence-electron chi connectivity index (χ4n) is 3.20. The van der Waals surface area contributed by atoms with Gasteiger partial charge in [0.25, 0.3) is 0 Å². The van der Waals surface area contributed by atoms with Crippen molar-refractivity contribution < 1.29 is 4.39 Å². The van der Waals surface area contributed by atoms with Crippen molar-refractivity contribution in [3.63, 3.8) is 0 Å². The van der Waals surface area contributed by atoms with Gasteiger partial charge in [-0.3, -0.25) is 5.43 Å². The number of rotatable bonds is 4. The van der Waals surface area contributed by atoms with Crippen LogP contribution in [0.2, 0.25) is 15.2 Å². The molecule has 3 N–H and O–H groups in total. The molecular weight excluding hydrogens is 508 g/mol. The second-order valence-corrected chi connectivity index (χ2v) is 7.87. The number of hydrogen-bond acceptors (Lipinski definition) is 9. The molecule has 0 fully saturated rings. The molecular formula is C19H9Cl3FN11. The van der Waals surface area contributed by atoms with Gasteiger partial charge in [0.05, 0.1) is 28.4 Å². The standard InChI is InChI=1S/C19H9Cl3FN11/c20-11-2-1-8(3-9(11)4-24)5-28-32-16-10-6-29-34(18(10)27-7-26-16)13-12(21)15(22)30-17-14(13)33(25)19(23)31-17/h1-3,5-7H,25H2,(H,26,27,32)/b28-5+. The molecule has 5 rings (SSSR count). The maximum atomic E-state index is 14.0. The minimum Gasteiger partial charge on any atom is -0.335 e. The van der Waals surface area contributed by atoms with Crippen molar-refractivity contribution >= 4 is 69.0 Å². The maximum absolute atomic E-state index is 14.0. The van der Waals surface area contributed by atoms with Gasteiger partial charge in [-0.2, -0.15) is 24.8 Å². The number of nitrogens with one attached hydrogen (secondary N) is 1. The minimum atomic E-state index is -0.980. The van der Waals surface area contributed by atoms with Gasteiger partial charge in [0.1, 0.15) is 28.6 Å². The fourth-order valence-corrected chi connectivity index (χ4v) is 3.74. The Morgan fingerprint density at radius 1 is 1.21 bits per heavy atom. The molecule has 0 aliphatic heterocycles. The quantitative estimate of drug-likeness (QED) is 0.159. The van der Waals surface area contributed by atoms with Crippen molar-refractivity contribution in [1.82, 2.24) is 34.4 Å². The fraction of sp³-hybridized carbons (Fsp3) is 0. The monoisotopic (exact) mass is 515 g/mol. The Morgan fingerprint density at radius 2 is 2.03 bits per heavy atom. The topological polar surface area (TPSA) is 149 Å². The third-order valence-corrected chi connectivity index (χ3v) is 5.80. The van der Waals surface area contributed by atoms with E-state index >= 15 is 0 Å². The highest BCUT2D eigenvalue weighted by atomic mass is 35.5. The zero-order valence-electron chi connectivity index (χ0n) is 16.6. The van der Waals surface area contributed by atoms with Crippen molar-refractivity contribution in [1.29, 1.82) is 5.26 Å². The molecule has 0 unspecified atom stereocenters. The van der Waals surface area contributed by atoms with E-state index in [-0.39, 0.29) is 27.0 Å². The first-order chi connectivity index (χ1) is 16.4. The van der Waals surface area contributed by atoms with Crippen LogP contribution in [0.1, 0.15) is 11.1 Å². The number of pyridine rings is 1. The van der Waals surface area contributed by atoms with Crippen molar-refractivity contribution in [2.75, 3.05) is 11.3 Å². The molecule has 0 atom stereocenters. The second-order valence-electron chi connectivity index (χ2n) is 6.73. The molecule has 168 valence electrons. The average Bonchev–Trinajstić information content (AvgIpc) is 3.37. The van der Waals surface area contributed by atoms with Crippen molar-refractivity contribution in [2.45, 2.75) is 0 Å². The molecule has 0 saturated heterocycles. The van der Waals surface area contributed by atoms with Crippen molar-refractivity contribution in [3.8, 4) is 11.8 Å². The van der Waals surface area contributed by atoms with E-state index in [1.807, 2.05) is 6.07 Å². The molecule has 5 aromatic rings. The van der Waals surface area contributed by atoms with Crippen LogP contribution in [0.15, 0.2) is 35.8 Å². The van der Waals surface area contributed by atoms with E-state index < -0.39 is 6.08 Å². The number of nitriles is 1. The molecule has 0 amide bonds. The smallest absolute Gasteiger partial charge is 0.310 e. The molecule has 0 spiro atoms. The summed E-state index contributed by atoms with van der Waals surface area (Å²) in [5.41, 5.74) is 4.24. The second kappa shape index (κ2) is 8.38. The third kappa shape index (κ3) is 3.52. The van der Waals surface area contributed by atoms with Gasteiger partial charge in [-0.25, -0.2) is 24.3 Å². The van der Waals surface area contributed by atoms with Crippen LogP contribution < -0.4 is 11.3 Å². The summed E-state index contributed by atoms with van der Waals surface area (Å²) < 4.78 is 16.1. The van der Waals surface area contributed by atoms with Crippen LogP contribution in [-0.4, -0.2) is 40.6 Å². The number of halogens is 4. The Kier molecular flexibility index (Phi) is 5.37. The predicted molar refractivity (Wildman–Crippen MR) is 125 cm³/mol. The van der Waals surface area contributed by atoms with Gasteiger partial charge in [-0.1, -0.05) is 40.9 Å². The lowest BCUT2D eigenvalue weighted by Crippen LogP contribution is -2.13.